The summed E-state index contributed by atoms with van der Waals surface area (Å²) >= 11 is 9.51. The van der Waals surface area contributed by atoms with Gasteiger partial charge in [-0.3, -0.25) is 0 Å². The number of thioether (sulfide) groups is 1. The fourth-order valence-electron chi connectivity index (χ4n) is 1.22. The minimum absolute atomic E-state index is 0.733. The average Bonchev–Trinajstić information content (AvgIpc) is 2.70. The van der Waals surface area contributed by atoms with Crippen LogP contribution in [-0.4, -0.2) is 0 Å². The molecule has 0 atom stereocenters. The van der Waals surface area contributed by atoms with E-state index in [0.29, 0.717) is 0 Å². The van der Waals surface area contributed by atoms with Crippen LogP contribution in [0.2, 0.25) is 5.02 Å². The zero-order chi connectivity index (χ0) is 10.7. The zero-order valence-electron chi connectivity index (χ0n) is 7.94. The van der Waals surface area contributed by atoms with Gasteiger partial charge in [-0.25, -0.2) is 0 Å². The van der Waals surface area contributed by atoms with Crippen molar-refractivity contribution in [1.29, 1.82) is 0 Å². The molecule has 0 radical (unpaired) electrons. The summed E-state index contributed by atoms with van der Waals surface area (Å²) in [5, 5.41) is 2.81. The predicted molar refractivity (Wildman–Crippen MR) is 69.7 cm³/mol. The summed E-state index contributed by atoms with van der Waals surface area (Å²) in [6, 6.07) is 9.78. The minimum atomic E-state index is 0.733. The molecule has 78 valence electrons. The van der Waals surface area contributed by atoms with Gasteiger partial charge in [-0.2, -0.15) is 0 Å². The van der Waals surface area contributed by atoms with E-state index in [9.17, 15) is 0 Å². The molecular weight excluding hydrogens is 246 g/mol. The molecule has 2 rings (SSSR count). The van der Waals surface area contributed by atoms with Gasteiger partial charge < -0.3 is 5.73 Å². The number of hydrogen-bond donors (Lipinski definition) is 1. The summed E-state index contributed by atoms with van der Waals surface area (Å²) in [6.45, 7) is 0. The highest BCUT2D eigenvalue weighted by molar-refractivity contribution is 7.99. The Balaban J connectivity index is 2.11. The summed E-state index contributed by atoms with van der Waals surface area (Å²) < 4.78 is 0. The van der Waals surface area contributed by atoms with E-state index in [1.165, 1.54) is 4.88 Å². The van der Waals surface area contributed by atoms with Crippen molar-refractivity contribution < 1.29 is 0 Å². The second-order valence-corrected chi connectivity index (χ2v) is 5.45. The summed E-state index contributed by atoms with van der Waals surface area (Å²) in [5.41, 5.74) is 6.61. The van der Waals surface area contributed by atoms with Gasteiger partial charge in [-0.15, -0.1) is 23.1 Å². The zero-order valence-corrected chi connectivity index (χ0v) is 10.3. The van der Waals surface area contributed by atoms with Crippen LogP contribution in [0.15, 0.2) is 40.6 Å². The Bertz CT molecular complexity index is 420. The first-order valence-electron chi connectivity index (χ1n) is 4.46. The van der Waals surface area contributed by atoms with E-state index < -0.39 is 0 Å². The number of thiophene rings is 1. The maximum Gasteiger partial charge on any atom is 0.0562 e. The van der Waals surface area contributed by atoms with E-state index in [-0.39, 0.29) is 0 Å². The number of benzene rings is 1. The molecule has 0 spiro atoms. The Hall–Kier alpha value is -0.640. The van der Waals surface area contributed by atoms with Crippen molar-refractivity contribution in [3.05, 3.63) is 45.6 Å². The molecule has 0 bridgehead atoms. The van der Waals surface area contributed by atoms with Crippen molar-refractivity contribution in [2.24, 2.45) is 0 Å². The molecule has 0 aliphatic carbocycles. The quantitative estimate of drug-likeness (QED) is 0.655. The molecule has 2 N–H and O–H groups in total. The van der Waals surface area contributed by atoms with E-state index in [1.54, 1.807) is 23.1 Å². The molecule has 0 amide bonds. The lowest BCUT2D eigenvalue weighted by atomic mass is 10.3. The predicted octanol–water partition coefficient (Wildman–Crippen LogP) is 4.28. The van der Waals surface area contributed by atoms with Crippen molar-refractivity contribution in [1.82, 2.24) is 0 Å². The molecule has 1 heterocycles. The van der Waals surface area contributed by atoms with E-state index in [4.69, 9.17) is 17.3 Å². The fourth-order valence-corrected chi connectivity index (χ4v) is 3.32. The summed E-state index contributed by atoms with van der Waals surface area (Å²) in [7, 11) is 0. The van der Waals surface area contributed by atoms with Crippen LogP contribution in [0.25, 0.3) is 0 Å². The molecule has 0 saturated heterocycles. The summed E-state index contributed by atoms with van der Waals surface area (Å²) in [6.07, 6.45) is 0. The molecule has 0 fully saturated rings. The van der Waals surface area contributed by atoms with Crippen LogP contribution in [-0.2, 0) is 5.75 Å². The smallest absolute Gasteiger partial charge is 0.0562 e. The molecular formula is C11H10ClNS2. The number of rotatable bonds is 3. The van der Waals surface area contributed by atoms with Crippen molar-refractivity contribution >= 4 is 40.4 Å². The van der Waals surface area contributed by atoms with E-state index in [0.717, 1.165) is 21.4 Å². The lowest BCUT2D eigenvalue weighted by molar-refractivity contribution is 1.43. The van der Waals surface area contributed by atoms with E-state index >= 15 is 0 Å². The van der Waals surface area contributed by atoms with Gasteiger partial charge in [0.25, 0.3) is 0 Å². The van der Waals surface area contributed by atoms with Crippen LogP contribution in [0.3, 0.4) is 0 Å². The SMILES string of the molecule is Nc1cccc(Cl)c1SCc1cccs1. The molecule has 15 heavy (non-hydrogen) atoms. The lowest BCUT2D eigenvalue weighted by Gasteiger charge is -2.06. The first-order chi connectivity index (χ1) is 7.27. The largest absolute Gasteiger partial charge is 0.398 e. The van der Waals surface area contributed by atoms with Crippen LogP contribution in [0.1, 0.15) is 4.88 Å². The summed E-state index contributed by atoms with van der Waals surface area (Å²) in [4.78, 5) is 2.31. The fraction of sp³-hybridized carbons (Fsp3) is 0.0909. The lowest BCUT2D eigenvalue weighted by Crippen LogP contribution is -1.88. The molecule has 1 aromatic heterocycles. The second kappa shape index (κ2) is 4.92. The Morgan fingerprint density at radius 2 is 2.13 bits per heavy atom. The first-order valence-corrected chi connectivity index (χ1v) is 6.71. The molecule has 0 aliphatic rings. The van der Waals surface area contributed by atoms with E-state index in [2.05, 4.69) is 17.5 Å². The van der Waals surface area contributed by atoms with Crippen molar-refractivity contribution in [3.63, 3.8) is 0 Å². The van der Waals surface area contributed by atoms with Gasteiger partial charge in [0.05, 0.1) is 5.02 Å². The van der Waals surface area contributed by atoms with Crippen LogP contribution in [0, 0.1) is 0 Å². The van der Waals surface area contributed by atoms with Crippen LogP contribution >= 0.6 is 34.7 Å². The molecule has 0 aliphatic heterocycles. The maximum absolute atomic E-state index is 6.07. The van der Waals surface area contributed by atoms with Crippen molar-refractivity contribution in [2.45, 2.75) is 10.6 Å². The third-order valence-corrected chi connectivity index (χ3v) is 4.62. The molecule has 1 nitrogen and oxygen atoms in total. The molecule has 4 heteroatoms. The highest BCUT2D eigenvalue weighted by Gasteiger charge is 2.05. The van der Waals surface area contributed by atoms with Gasteiger partial charge in [-0.05, 0) is 23.6 Å². The number of nitrogens with two attached hydrogens (primary N) is 1. The molecule has 0 unspecified atom stereocenters. The Kier molecular flexibility index (Phi) is 3.57. The maximum atomic E-state index is 6.07. The van der Waals surface area contributed by atoms with Crippen LogP contribution < -0.4 is 5.73 Å². The van der Waals surface area contributed by atoms with Crippen molar-refractivity contribution in [3.8, 4) is 0 Å². The highest BCUT2D eigenvalue weighted by Crippen LogP contribution is 2.35. The van der Waals surface area contributed by atoms with Crippen LogP contribution in [0.5, 0.6) is 0 Å². The third-order valence-electron chi connectivity index (χ3n) is 1.94. The topological polar surface area (TPSA) is 26.0 Å². The molecule has 1 aromatic carbocycles. The van der Waals surface area contributed by atoms with Gasteiger partial charge in [-0.1, -0.05) is 23.7 Å². The second-order valence-electron chi connectivity index (χ2n) is 3.03. The van der Waals surface area contributed by atoms with Gasteiger partial charge in [0.1, 0.15) is 0 Å². The Morgan fingerprint density at radius 1 is 1.27 bits per heavy atom. The van der Waals surface area contributed by atoms with Gasteiger partial charge in [0, 0.05) is 21.2 Å². The van der Waals surface area contributed by atoms with Gasteiger partial charge >= 0.3 is 0 Å². The standard InChI is InChI=1S/C11H10ClNS2/c12-9-4-1-5-10(13)11(9)15-7-8-3-2-6-14-8/h1-6H,7,13H2. The Morgan fingerprint density at radius 3 is 2.80 bits per heavy atom. The highest BCUT2D eigenvalue weighted by atomic mass is 35.5. The average molecular weight is 256 g/mol. The Labute approximate surface area is 102 Å². The van der Waals surface area contributed by atoms with Crippen molar-refractivity contribution in [2.75, 3.05) is 5.73 Å². The summed E-state index contributed by atoms with van der Waals surface area (Å²) in [5.74, 6) is 0.922. The minimum Gasteiger partial charge on any atom is -0.398 e. The van der Waals surface area contributed by atoms with Gasteiger partial charge in [0.2, 0.25) is 0 Å². The van der Waals surface area contributed by atoms with Crippen LogP contribution in [0.4, 0.5) is 5.69 Å². The molecule has 0 saturated carbocycles. The number of hydrogen-bond acceptors (Lipinski definition) is 3. The molecule has 2 aromatic rings. The third kappa shape index (κ3) is 2.68. The monoisotopic (exact) mass is 255 g/mol. The normalized spacial score (nSPS) is 10.5. The number of nitrogen functional groups attached to an aromatic ring is 1. The number of halogens is 1. The van der Waals surface area contributed by atoms with Gasteiger partial charge in [0.15, 0.2) is 0 Å². The number of anilines is 1. The van der Waals surface area contributed by atoms with E-state index in [1.807, 2.05) is 18.2 Å². The first kappa shape index (κ1) is 10.9.